The van der Waals surface area contributed by atoms with E-state index in [1.54, 1.807) is 12.1 Å². The second-order valence-corrected chi connectivity index (χ2v) is 17.9. The molecule has 9 heteroatoms. The van der Waals surface area contributed by atoms with Crippen LogP contribution < -0.4 is 21.7 Å². The SMILES string of the molecule is O=c1nc(C2=CC([S+]([O-])c3ccccc3)=CC(c3nc(=O)c4ccccc4s3)=P2(c2ccccc2)c2ccccc2)sc2ccccc12. The smallest absolute Gasteiger partial charge is 0.279 e. The van der Waals surface area contributed by atoms with Gasteiger partial charge in [0, 0.05) is 43.3 Å². The van der Waals surface area contributed by atoms with E-state index in [1.807, 2.05) is 115 Å². The lowest BCUT2D eigenvalue weighted by Gasteiger charge is -2.35. The highest BCUT2D eigenvalue weighted by Gasteiger charge is 2.39. The summed E-state index contributed by atoms with van der Waals surface area (Å²) in [5.74, 6) is 0. The lowest BCUT2D eigenvalue weighted by Crippen LogP contribution is -2.27. The van der Waals surface area contributed by atoms with Gasteiger partial charge in [0.25, 0.3) is 11.1 Å². The molecule has 7 aromatic rings. The molecule has 1 aliphatic rings. The summed E-state index contributed by atoms with van der Waals surface area (Å²) in [5, 5.41) is 5.77. The molecule has 3 heterocycles. The summed E-state index contributed by atoms with van der Waals surface area (Å²) >= 11 is 1.29. The van der Waals surface area contributed by atoms with Crippen molar-refractivity contribution in [3.05, 3.63) is 187 Å². The molecule has 1 aliphatic heterocycles. The van der Waals surface area contributed by atoms with Crippen molar-refractivity contribution in [3.8, 4) is 0 Å². The highest BCUT2D eigenvalue weighted by molar-refractivity contribution is 7.99. The number of hydrogen-bond donors (Lipinski definition) is 0. The molecular formula is C39H25N2O3PS3. The normalized spacial score (nSPS) is 14.8. The highest BCUT2D eigenvalue weighted by Crippen LogP contribution is 2.63. The Balaban J connectivity index is 1.59. The van der Waals surface area contributed by atoms with Gasteiger partial charge in [0.1, 0.15) is 10.0 Å². The van der Waals surface area contributed by atoms with Crippen LogP contribution >= 0.6 is 29.6 Å². The molecule has 0 fully saturated rings. The zero-order chi connectivity index (χ0) is 32.7. The van der Waals surface area contributed by atoms with Gasteiger partial charge in [-0.3, -0.25) is 9.59 Å². The molecule has 5 nitrogen and oxygen atoms in total. The number of benzene rings is 5. The molecule has 1 unspecified atom stereocenters. The summed E-state index contributed by atoms with van der Waals surface area (Å²) in [7, 11) is 0. The van der Waals surface area contributed by atoms with E-state index in [9.17, 15) is 14.1 Å². The molecule has 0 amide bonds. The van der Waals surface area contributed by atoms with Gasteiger partial charge in [-0.1, -0.05) is 103 Å². The van der Waals surface area contributed by atoms with Crippen LogP contribution in [0.1, 0.15) is 10.0 Å². The Bertz CT molecular complexity index is 2540. The summed E-state index contributed by atoms with van der Waals surface area (Å²) in [6.07, 6.45) is 3.94. The fourth-order valence-corrected chi connectivity index (χ4v) is 14.6. The van der Waals surface area contributed by atoms with E-state index in [-0.39, 0.29) is 11.1 Å². The number of nitrogens with zero attached hydrogens (tertiary/aromatic N) is 2. The maximum atomic E-state index is 14.4. The standard InChI is InChI=1S/C39H25N2O3PS3/c42-36-30-20-10-12-22-34(30)46-38(40-36)32-24-29(48(44)28-18-8-3-9-19-28)25-33(39-41-37(43)31-21-11-13-23-35(31)47-39)45(32,26-14-4-1-5-15-26)27-16-6-2-7-17-27/h1-25H. The quantitative estimate of drug-likeness (QED) is 0.132. The van der Waals surface area contributed by atoms with Crippen molar-refractivity contribution in [2.24, 2.45) is 0 Å². The average Bonchev–Trinajstić information content (AvgIpc) is 3.15. The van der Waals surface area contributed by atoms with Crippen LogP contribution in [-0.4, -0.2) is 19.8 Å². The summed E-state index contributed by atoms with van der Waals surface area (Å²) in [4.78, 5) is 38.0. The van der Waals surface area contributed by atoms with Gasteiger partial charge < -0.3 is 4.55 Å². The fraction of sp³-hybridized carbons (Fsp3) is 0. The summed E-state index contributed by atoms with van der Waals surface area (Å²) in [5.41, 5.74) is -0.649. The van der Waals surface area contributed by atoms with Crippen LogP contribution in [0.3, 0.4) is 0 Å². The Morgan fingerprint density at radius 1 is 0.542 bits per heavy atom. The molecule has 0 saturated carbocycles. The van der Waals surface area contributed by atoms with Crippen molar-refractivity contribution in [2.45, 2.75) is 4.90 Å². The zero-order valence-electron chi connectivity index (χ0n) is 25.2. The largest absolute Gasteiger partial charge is 0.606 e. The van der Waals surface area contributed by atoms with E-state index in [0.29, 0.717) is 30.6 Å². The first kappa shape index (κ1) is 30.6. The molecule has 0 saturated heterocycles. The fourth-order valence-electron chi connectivity index (χ4n) is 6.08. The van der Waals surface area contributed by atoms with E-state index in [0.717, 1.165) is 30.6 Å². The molecule has 0 bridgehead atoms. The van der Waals surface area contributed by atoms with Crippen LogP contribution in [-0.2, 0) is 11.2 Å². The van der Waals surface area contributed by atoms with Crippen molar-refractivity contribution < 1.29 is 4.55 Å². The van der Waals surface area contributed by atoms with E-state index in [1.165, 1.54) is 22.7 Å². The van der Waals surface area contributed by atoms with Crippen molar-refractivity contribution in [3.63, 3.8) is 0 Å². The molecular weight excluding hydrogens is 672 g/mol. The number of hydrogen-bond acceptors (Lipinski definition) is 7. The van der Waals surface area contributed by atoms with Gasteiger partial charge >= 0.3 is 0 Å². The monoisotopic (exact) mass is 696 g/mol. The van der Waals surface area contributed by atoms with E-state index >= 15 is 0 Å². The molecule has 0 N–H and O–H groups in total. The number of allylic oxidation sites excluding steroid dienone is 2. The molecule has 1 atom stereocenters. The van der Waals surface area contributed by atoms with Gasteiger partial charge in [-0.25, -0.2) is 0 Å². The Morgan fingerprint density at radius 2 is 1.00 bits per heavy atom. The molecule has 5 aromatic carbocycles. The van der Waals surface area contributed by atoms with Crippen molar-refractivity contribution >= 4 is 82.1 Å². The van der Waals surface area contributed by atoms with Crippen LogP contribution in [0.4, 0.5) is 0 Å². The molecule has 0 aliphatic carbocycles. The molecule has 0 radical (unpaired) electrons. The third-order valence-electron chi connectivity index (χ3n) is 8.23. The maximum absolute atomic E-state index is 14.4. The second-order valence-electron chi connectivity index (χ2n) is 11.0. The van der Waals surface area contributed by atoms with Crippen LogP contribution in [0.5, 0.6) is 0 Å². The first-order valence-electron chi connectivity index (χ1n) is 15.1. The molecule has 2 aromatic heterocycles. The molecule has 8 rings (SSSR count). The van der Waals surface area contributed by atoms with Crippen LogP contribution in [0.15, 0.2) is 171 Å². The van der Waals surface area contributed by atoms with Gasteiger partial charge in [0.15, 0.2) is 9.80 Å². The van der Waals surface area contributed by atoms with Crippen LogP contribution in [0.25, 0.3) is 25.5 Å². The summed E-state index contributed by atoms with van der Waals surface area (Å²) in [6.45, 7) is -2.94. The number of aromatic nitrogens is 2. The van der Waals surface area contributed by atoms with Gasteiger partial charge in [-0.2, -0.15) is 9.97 Å². The van der Waals surface area contributed by atoms with Crippen LogP contribution in [0.2, 0.25) is 0 Å². The molecule has 232 valence electrons. The van der Waals surface area contributed by atoms with Gasteiger partial charge in [0.05, 0.1) is 10.8 Å². The van der Waals surface area contributed by atoms with Gasteiger partial charge in [-0.05, 0) is 53.9 Å². The average molecular weight is 697 g/mol. The molecule has 0 spiro atoms. The predicted molar refractivity (Wildman–Crippen MR) is 204 cm³/mol. The van der Waals surface area contributed by atoms with Crippen molar-refractivity contribution in [2.75, 3.05) is 0 Å². The minimum absolute atomic E-state index is 0.324. The Labute approximate surface area is 287 Å². The molecule has 48 heavy (non-hydrogen) atoms. The second kappa shape index (κ2) is 12.7. The van der Waals surface area contributed by atoms with E-state index in [2.05, 4.69) is 24.3 Å². The Hall–Kier alpha value is -4.69. The maximum Gasteiger partial charge on any atom is 0.279 e. The number of rotatable bonds is 6. The highest BCUT2D eigenvalue weighted by atomic mass is 32.2. The predicted octanol–water partition coefficient (Wildman–Crippen LogP) is 7.56. The number of fused-ring (bicyclic) bond motifs is 2. The first-order valence-corrected chi connectivity index (χ1v) is 19.7. The minimum Gasteiger partial charge on any atom is -0.606 e. The summed E-state index contributed by atoms with van der Waals surface area (Å²) in [6, 6.07) is 44.6. The van der Waals surface area contributed by atoms with Gasteiger partial charge in [0.2, 0.25) is 0 Å². The Morgan fingerprint density at radius 3 is 1.56 bits per heavy atom. The topological polar surface area (TPSA) is 83.0 Å². The van der Waals surface area contributed by atoms with Crippen molar-refractivity contribution in [1.82, 2.24) is 9.97 Å². The lowest BCUT2D eigenvalue weighted by molar-refractivity contribution is 0.602. The van der Waals surface area contributed by atoms with Crippen LogP contribution in [0, 0.1) is 0 Å². The third-order valence-corrected chi connectivity index (χ3v) is 16.3. The first-order chi connectivity index (χ1) is 23.5. The van der Waals surface area contributed by atoms with Gasteiger partial charge in [-0.15, -0.1) is 22.7 Å². The van der Waals surface area contributed by atoms with Crippen molar-refractivity contribution in [1.29, 1.82) is 0 Å². The third kappa shape index (κ3) is 5.23. The Kier molecular flexibility index (Phi) is 8.12. The summed E-state index contributed by atoms with van der Waals surface area (Å²) < 4.78 is 16.1. The van der Waals surface area contributed by atoms with E-state index < -0.39 is 18.1 Å². The minimum atomic E-state index is -2.94. The van der Waals surface area contributed by atoms with E-state index in [4.69, 9.17) is 9.97 Å². The lowest BCUT2D eigenvalue weighted by atomic mass is 10.3. The zero-order valence-corrected chi connectivity index (χ0v) is 28.6.